The average Bonchev–Trinajstić information content (AvgIpc) is 2.42. The number of aromatic nitrogens is 1. The van der Waals surface area contributed by atoms with Crippen molar-refractivity contribution in [2.75, 3.05) is 7.11 Å². The predicted molar refractivity (Wildman–Crippen MR) is 67.8 cm³/mol. The zero-order valence-corrected chi connectivity index (χ0v) is 10.4. The number of nitrogens with two attached hydrogens (primary N) is 1. The first-order chi connectivity index (χ1) is 9.10. The highest BCUT2D eigenvalue weighted by Gasteiger charge is 2.13. The molecule has 0 radical (unpaired) electrons. The Morgan fingerprint density at radius 3 is 2.68 bits per heavy atom. The molecule has 1 unspecified atom stereocenters. The third-order valence-electron chi connectivity index (χ3n) is 2.82. The quantitative estimate of drug-likeness (QED) is 0.923. The third kappa shape index (κ3) is 3.26. The molecule has 1 heterocycles. The molecule has 0 saturated heterocycles. The number of benzene rings is 1. The van der Waals surface area contributed by atoms with Gasteiger partial charge in [0.15, 0.2) is 0 Å². The van der Waals surface area contributed by atoms with Crippen LogP contribution < -0.4 is 10.5 Å². The zero-order valence-electron chi connectivity index (χ0n) is 10.4. The van der Waals surface area contributed by atoms with Crippen LogP contribution in [0.15, 0.2) is 36.5 Å². The van der Waals surface area contributed by atoms with Gasteiger partial charge in [0.2, 0.25) is 5.88 Å². The second kappa shape index (κ2) is 5.75. The number of pyridine rings is 1. The highest BCUT2D eigenvalue weighted by Crippen LogP contribution is 2.20. The molecule has 2 aromatic rings. The smallest absolute Gasteiger partial charge is 0.212 e. The first-order valence-corrected chi connectivity index (χ1v) is 5.79. The van der Waals surface area contributed by atoms with Gasteiger partial charge in [-0.2, -0.15) is 0 Å². The van der Waals surface area contributed by atoms with Crippen LogP contribution >= 0.6 is 0 Å². The SMILES string of the molecule is COc1ccc(CC(N)c2cc(F)ccc2F)cn1. The lowest BCUT2D eigenvalue weighted by atomic mass is 10.00. The van der Waals surface area contributed by atoms with E-state index >= 15 is 0 Å². The molecule has 0 aliphatic carbocycles. The number of hydrogen-bond donors (Lipinski definition) is 1. The topological polar surface area (TPSA) is 48.1 Å². The van der Waals surface area contributed by atoms with E-state index in [0.29, 0.717) is 12.3 Å². The van der Waals surface area contributed by atoms with Crippen LogP contribution in [0.4, 0.5) is 8.78 Å². The van der Waals surface area contributed by atoms with Gasteiger partial charge in [0.05, 0.1) is 7.11 Å². The van der Waals surface area contributed by atoms with E-state index in [1.165, 1.54) is 7.11 Å². The van der Waals surface area contributed by atoms with Gasteiger partial charge in [-0.05, 0) is 30.2 Å². The molecule has 1 aromatic carbocycles. The maximum absolute atomic E-state index is 13.6. The number of rotatable bonds is 4. The monoisotopic (exact) mass is 264 g/mol. The maximum atomic E-state index is 13.6. The Morgan fingerprint density at radius 1 is 1.26 bits per heavy atom. The Kier molecular flexibility index (Phi) is 4.06. The van der Waals surface area contributed by atoms with Crippen LogP contribution in [0.1, 0.15) is 17.2 Å². The summed E-state index contributed by atoms with van der Waals surface area (Å²) in [4.78, 5) is 4.04. The van der Waals surface area contributed by atoms with E-state index in [1.807, 2.05) is 0 Å². The number of halogens is 2. The number of methoxy groups -OCH3 is 1. The molecule has 2 N–H and O–H groups in total. The van der Waals surface area contributed by atoms with E-state index in [-0.39, 0.29) is 5.56 Å². The van der Waals surface area contributed by atoms with E-state index < -0.39 is 17.7 Å². The van der Waals surface area contributed by atoms with Gasteiger partial charge in [-0.15, -0.1) is 0 Å². The summed E-state index contributed by atoms with van der Waals surface area (Å²) in [5.41, 5.74) is 6.89. The molecule has 0 bridgehead atoms. The summed E-state index contributed by atoms with van der Waals surface area (Å²) >= 11 is 0. The summed E-state index contributed by atoms with van der Waals surface area (Å²) in [5.74, 6) is -0.510. The Balaban J connectivity index is 2.15. The van der Waals surface area contributed by atoms with Gasteiger partial charge in [0.25, 0.3) is 0 Å². The highest BCUT2D eigenvalue weighted by atomic mass is 19.1. The average molecular weight is 264 g/mol. The van der Waals surface area contributed by atoms with Gasteiger partial charge >= 0.3 is 0 Å². The molecule has 2 rings (SSSR count). The van der Waals surface area contributed by atoms with Crippen molar-refractivity contribution in [2.24, 2.45) is 5.73 Å². The first-order valence-electron chi connectivity index (χ1n) is 5.79. The van der Waals surface area contributed by atoms with Crippen LogP contribution in [0.5, 0.6) is 5.88 Å². The van der Waals surface area contributed by atoms with E-state index in [2.05, 4.69) is 4.98 Å². The highest BCUT2D eigenvalue weighted by molar-refractivity contribution is 5.25. The minimum absolute atomic E-state index is 0.163. The summed E-state index contributed by atoms with van der Waals surface area (Å²) < 4.78 is 31.6. The molecule has 0 saturated carbocycles. The van der Waals surface area contributed by atoms with Crippen molar-refractivity contribution in [2.45, 2.75) is 12.5 Å². The molecule has 0 fully saturated rings. The molecule has 19 heavy (non-hydrogen) atoms. The molecular weight excluding hydrogens is 250 g/mol. The lowest BCUT2D eigenvalue weighted by Crippen LogP contribution is -2.15. The second-order valence-electron chi connectivity index (χ2n) is 4.19. The van der Waals surface area contributed by atoms with Gasteiger partial charge in [0.1, 0.15) is 11.6 Å². The molecule has 0 amide bonds. The summed E-state index contributed by atoms with van der Waals surface area (Å²) in [6, 6.07) is 6.15. The van der Waals surface area contributed by atoms with Crippen LogP contribution in [0, 0.1) is 11.6 Å². The van der Waals surface area contributed by atoms with Crippen molar-refractivity contribution in [3.8, 4) is 5.88 Å². The molecule has 0 spiro atoms. The van der Waals surface area contributed by atoms with Crippen LogP contribution in [0.3, 0.4) is 0 Å². The lowest BCUT2D eigenvalue weighted by Gasteiger charge is -2.13. The molecule has 1 atom stereocenters. The number of hydrogen-bond acceptors (Lipinski definition) is 3. The van der Waals surface area contributed by atoms with Gasteiger partial charge < -0.3 is 10.5 Å². The van der Waals surface area contributed by atoms with Crippen molar-refractivity contribution in [3.05, 3.63) is 59.3 Å². The van der Waals surface area contributed by atoms with Crippen LogP contribution in [-0.2, 0) is 6.42 Å². The van der Waals surface area contributed by atoms with Crippen molar-refractivity contribution in [1.29, 1.82) is 0 Å². The summed E-state index contributed by atoms with van der Waals surface area (Å²) in [6.45, 7) is 0. The van der Waals surface area contributed by atoms with Crippen LogP contribution in [-0.4, -0.2) is 12.1 Å². The largest absolute Gasteiger partial charge is 0.481 e. The molecule has 0 aliphatic rings. The molecule has 3 nitrogen and oxygen atoms in total. The van der Waals surface area contributed by atoms with Crippen molar-refractivity contribution < 1.29 is 13.5 Å². The molecule has 1 aromatic heterocycles. The summed E-state index contributed by atoms with van der Waals surface area (Å²) in [6.07, 6.45) is 1.98. The van der Waals surface area contributed by atoms with E-state index in [4.69, 9.17) is 10.5 Å². The van der Waals surface area contributed by atoms with Crippen molar-refractivity contribution in [1.82, 2.24) is 4.98 Å². The van der Waals surface area contributed by atoms with E-state index in [9.17, 15) is 8.78 Å². The van der Waals surface area contributed by atoms with E-state index in [0.717, 1.165) is 23.8 Å². The van der Waals surface area contributed by atoms with Crippen molar-refractivity contribution in [3.63, 3.8) is 0 Å². The van der Waals surface area contributed by atoms with Crippen LogP contribution in [0.25, 0.3) is 0 Å². The molecule has 100 valence electrons. The van der Waals surface area contributed by atoms with Gasteiger partial charge in [-0.1, -0.05) is 6.07 Å². The second-order valence-corrected chi connectivity index (χ2v) is 4.19. The Labute approximate surface area is 110 Å². The predicted octanol–water partition coefficient (Wildman–Crippen LogP) is 2.61. The van der Waals surface area contributed by atoms with Gasteiger partial charge in [-0.25, -0.2) is 13.8 Å². The van der Waals surface area contributed by atoms with Gasteiger partial charge in [0, 0.05) is 23.9 Å². The Morgan fingerprint density at radius 2 is 2.05 bits per heavy atom. The number of ether oxygens (including phenoxy) is 1. The van der Waals surface area contributed by atoms with Crippen molar-refractivity contribution >= 4 is 0 Å². The lowest BCUT2D eigenvalue weighted by molar-refractivity contribution is 0.397. The summed E-state index contributed by atoms with van der Waals surface area (Å²) in [5, 5.41) is 0. The van der Waals surface area contributed by atoms with Gasteiger partial charge in [-0.3, -0.25) is 0 Å². The minimum Gasteiger partial charge on any atom is -0.481 e. The minimum atomic E-state index is -0.620. The Hall–Kier alpha value is -2.01. The Bertz CT molecular complexity index is 558. The zero-order chi connectivity index (χ0) is 13.8. The first kappa shape index (κ1) is 13.4. The molecule has 0 aliphatic heterocycles. The molecular formula is C14H14F2N2O. The normalized spacial score (nSPS) is 12.2. The summed E-state index contributed by atoms with van der Waals surface area (Å²) in [7, 11) is 1.52. The van der Waals surface area contributed by atoms with E-state index in [1.54, 1.807) is 18.3 Å². The third-order valence-corrected chi connectivity index (χ3v) is 2.82. The fourth-order valence-electron chi connectivity index (χ4n) is 1.82. The fourth-order valence-corrected chi connectivity index (χ4v) is 1.82. The molecule has 5 heteroatoms. The van der Waals surface area contributed by atoms with Crippen LogP contribution in [0.2, 0.25) is 0 Å². The standard InChI is InChI=1S/C14H14F2N2O/c1-19-14-5-2-9(8-18-14)6-13(17)11-7-10(15)3-4-12(11)16/h2-5,7-8,13H,6,17H2,1H3. The maximum Gasteiger partial charge on any atom is 0.212 e. The fraction of sp³-hybridized carbons (Fsp3) is 0.214. The number of nitrogens with zero attached hydrogens (tertiary/aromatic N) is 1.